The Kier molecular flexibility index (Phi) is 3.19. The molecule has 0 amide bonds. The second-order valence-corrected chi connectivity index (χ2v) is 4.31. The van der Waals surface area contributed by atoms with Gasteiger partial charge in [-0.15, -0.1) is 0 Å². The number of rotatable bonds is 6. The molecule has 0 bridgehead atoms. The summed E-state index contributed by atoms with van der Waals surface area (Å²) < 4.78 is 6.93. The number of nitrogens with zero attached hydrogens (tertiary/aromatic N) is 6. The zero-order chi connectivity index (χ0) is 13.1. The van der Waals surface area contributed by atoms with Crippen LogP contribution in [0.15, 0.2) is 12.7 Å². The molecule has 1 aliphatic rings. The summed E-state index contributed by atoms with van der Waals surface area (Å²) in [5.41, 5.74) is 2.38. The molecule has 1 saturated carbocycles. The van der Waals surface area contributed by atoms with Gasteiger partial charge in [-0.1, -0.05) is 12.8 Å². The fourth-order valence-corrected chi connectivity index (χ4v) is 1.61. The molecular formula is C10H14N8O. The molecular weight excluding hydrogens is 248 g/mol. The molecule has 9 heteroatoms. The molecule has 2 heterocycles. The van der Waals surface area contributed by atoms with Crippen molar-refractivity contribution in [1.29, 1.82) is 0 Å². The number of hydrazine groups is 1. The Morgan fingerprint density at radius 1 is 1.37 bits per heavy atom. The van der Waals surface area contributed by atoms with Crippen LogP contribution in [-0.2, 0) is 0 Å². The zero-order valence-corrected chi connectivity index (χ0v) is 10.2. The monoisotopic (exact) mass is 262 g/mol. The molecule has 2 aromatic rings. The highest BCUT2D eigenvalue weighted by atomic mass is 16.5. The highest BCUT2D eigenvalue weighted by Crippen LogP contribution is 2.32. The number of nitrogen functional groups attached to an aromatic ring is 1. The van der Waals surface area contributed by atoms with Crippen molar-refractivity contribution in [1.82, 2.24) is 29.7 Å². The smallest absolute Gasteiger partial charge is 0.323 e. The number of ether oxygens (including phenoxy) is 1. The maximum atomic E-state index is 5.52. The van der Waals surface area contributed by atoms with Crippen molar-refractivity contribution in [2.45, 2.75) is 19.3 Å². The second kappa shape index (κ2) is 5.14. The molecule has 9 nitrogen and oxygen atoms in total. The van der Waals surface area contributed by atoms with Gasteiger partial charge in [-0.3, -0.25) is 5.43 Å². The Labute approximate surface area is 109 Å². The second-order valence-electron chi connectivity index (χ2n) is 4.31. The van der Waals surface area contributed by atoms with E-state index in [-0.39, 0.29) is 12.0 Å². The molecule has 19 heavy (non-hydrogen) atoms. The van der Waals surface area contributed by atoms with Crippen molar-refractivity contribution in [3.63, 3.8) is 0 Å². The van der Waals surface area contributed by atoms with Crippen molar-refractivity contribution >= 4 is 5.95 Å². The normalized spacial score (nSPS) is 14.4. The fraction of sp³-hybridized carbons (Fsp3) is 0.500. The average molecular weight is 262 g/mol. The number of hydrogen-bond donors (Lipinski definition) is 2. The van der Waals surface area contributed by atoms with Crippen LogP contribution in [0.5, 0.6) is 6.01 Å². The van der Waals surface area contributed by atoms with E-state index in [1.807, 2.05) is 0 Å². The number of hydrogen-bond acceptors (Lipinski definition) is 8. The van der Waals surface area contributed by atoms with E-state index < -0.39 is 0 Å². The van der Waals surface area contributed by atoms with Gasteiger partial charge in [0.25, 0.3) is 5.95 Å². The minimum atomic E-state index is 0.224. The van der Waals surface area contributed by atoms with Gasteiger partial charge in [0.15, 0.2) is 0 Å². The summed E-state index contributed by atoms with van der Waals surface area (Å²) in [6.07, 6.45) is 6.49. The summed E-state index contributed by atoms with van der Waals surface area (Å²) in [4.78, 5) is 16.1. The van der Waals surface area contributed by atoms with E-state index >= 15 is 0 Å². The summed E-state index contributed by atoms with van der Waals surface area (Å²) in [5.74, 6) is 6.65. The third kappa shape index (κ3) is 2.94. The largest absolute Gasteiger partial charge is 0.463 e. The lowest BCUT2D eigenvalue weighted by molar-refractivity contribution is 0.278. The summed E-state index contributed by atoms with van der Waals surface area (Å²) in [5, 5.41) is 3.95. The van der Waals surface area contributed by atoms with E-state index in [1.165, 1.54) is 30.2 Å². The Hall–Kier alpha value is -2.29. The molecule has 100 valence electrons. The van der Waals surface area contributed by atoms with Gasteiger partial charge in [0.2, 0.25) is 5.95 Å². The SMILES string of the molecule is NNc1nc(OCCC2CC2)nc(-n2cncn2)n1. The molecule has 1 fully saturated rings. The first kappa shape index (κ1) is 11.8. The van der Waals surface area contributed by atoms with Gasteiger partial charge < -0.3 is 4.74 Å². The van der Waals surface area contributed by atoms with E-state index in [4.69, 9.17) is 10.6 Å². The Morgan fingerprint density at radius 2 is 2.26 bits per heavy atom. The van der Waals surface area contributed by atoms with Crippen LogP contribution in [0.25, 0.3) is 5.95 Å². The maximum absolute atomic E-state index is 5.52. The molecule has 0 radical (unpaired) electrons. The van der Waals surface area contributed by atoms with Gasteiger partial charge in [0, 0.05) is 0 Å². The highest BCUT2D eigenvalue weighted by molar-refractivity contribution is 5.27. The molecule has 1 aliphatic carbocycles. The number of aromatic nitrogens is 6. The van der Waals surface area contributed by atoms with Crippen LogP contribution in [0.1, 0.15) is 19.3 Å². The first-order valence-electron chi connectivity index (χ1n) is 6.05. The molecule has 0 aromatic carbocycles. The third-order valence-electron chi connectivity index (χ3n) is 2.81. The number of anilines is 1. The van der Waals surface area contributed by atoms with Gasteiger partial charge >= 0.3 is 6.01 Å². The van der Waals surface area contributed by atoms with Crippen molar-refractivity contribution in [2.24, 2.45) is 11.8 Å². The molecule has 3 N–H and O–H groups in total. The van der Waals surface area contributed by atoms with Gasteiger partial charge in [0.1, 0.15) is 12.7 Å². The maximum Gasteiger partial charge on any atom is 0.323 e. The predicted molar refractivity (Wildman–Crippen MR) is 65.4 cm³/mol. The summed E-state index contributed by atoms with van der Waals surface area (Å²) >= 11 is 0. The van der Waals surface area contributed by atoms with Crippen molar-refractivity contribution in [2.75, 3.05) is 12.0 Å². The van der Waals surface area contributed by atoms with Gasteiger partial charge in [-0.2, -0.15) is 24.7 Å². The Balaban J connectivity index is 1.76. The third-order valence-corrected chi connectivity index (χ3v) is 2.81. The van der Waals surface area contributed by atoms with Gasteiger partial charge in [-0.25, -0.2) is 10.8 Å². The number of nitrogens with two attached hydrogens (primary N) is 1. The summed E-state index contributed by atoms with van der Waals surface area (Å²) in [6, 6.07) is 0.231. The molecule has 3 rings (SSSR count). The lowest BCUT2D eigenvalue weighted by Crippen LogP contribution is -2.15. The lowest BCUT2D eigenvalue weighted by atomic mass is 10.3. The van der Waals surface area contributed by atoms with Crippen molar-refractivity contribution < 1.29 is 4.74 Å². The average Bonchev–Trinajstić information content (AvgIpc) is 3.09. The Morgan fingerprint density at radius 3 is 2.95 bits per heavy atom. The quantitative estimate of drug-likeness (QED) is 0.548. The minimum Gasteiger partial charge on any atom is -0.463 e. The van der Waals surface area contributed by atoms with E-state index in [2.05, 4.69) is 30.5 Å². The molecule has 0 unspecified atom stereocenters. The van der Waals surface area contributed by atoms with E-state index in [0.29, 0.717) is 12.6 Å². The summed E-state index contributed by atoms with van der Waals surface area (Å²) in [6.45, 7) is 0.593. The van der Waals surface area contributed by atoms with Crippen molar-refractivity contribution in [3.05, 3.63) is 12.7 Å². The standard InChI is InChI=1S/C10H14N8O/c11-17-8-14-9(18-6-12-5-13-18)16-10(15-8)19-4-3-7-1-2-7/h5-7H,1-4,11H2,(H,14,15,16,17). The molecule has 2 aromatic heterocycles. The van der Waals surface area contributed by atoms with Gasteiger partial charge in [-0.05, 0) is 12.3 Å². The zero-order valence-electron chi connectivity index (χ0n) is 10.2. The minimum absolute atomic E-state index is 0.224. The summed E-state index contributed by atoms with van der Waals surface area (Å²) in [7, 11) is 0. The topological polar surface area (TPSA) is 117 Å². The fourth-order valence-electron chi connectivity index (χ4n) is 1.61. The van der Waals surface area contributed by atoms with E-state index in [1.54, 1.807) is 0 Å². The predicted octanol–water partition coefficient (Wildman–Crippen LogP) is -0.0832. The van der Waals surface area contributed by atoms with Gasteiger partial charge in [0.05, 0.1) is 6.61 Å². The van der Waals surface area contributed by atoms with Crippen molar-refractivity contribution in [3.8, 4) is 12.0 Å². The molecule has 0 saturated heterocycles. The first-order valence-corrected chi connectivity index (χ1v) is 6.05. The van der Waals surface area contributed by atoms with Crippen LogP contribution in [0.2, 0.25) is 0 Å². The molecule has 0 aliphatic heterocycles. The Bertz CT molecular complexity index is 538. The van der Waals surface area contributed by atoms with Crippen LogP contribution >= 0.6 is 0 Å². The van der Waals surface area contributed by atoms with Crippen LogP contribution < -0.4 is 16.0 Å². The van der Waals surface area contributed by atoms with E-state index in [0.717, 1.165) is 12.3 Å². The lowest BCUT2D eigenvalue weighted by Gasteiger charge is -2.07. The molecule has 0 atom stereocenters. The van der Waals surface area contributed by atoms with Crippen LogP contribution in [0.3, 0.4) is 0 Å². The van der Waals surface area contributed by atoms with E-state index in [9.17, 15) is 0 Å². The molecule has 0 spiro atoms. The first-order chi connectivity index (χ1) is 9.35. The van der Waals surface area contributed by atoms with Crippen LogP contribution in [0, 0.1) is 5.92 Å². The van der Waals surface area contributed by atoms with Crippen LogP contribution in [0.4, 0.5) is 5.95 Å². The van der Waals surface area contributed by atoms with Crippen LogP contribution in [-0.4, -0.2) is 36.3 Å². The number of nitrogens with one attached hydrogen (secondary N) is 1. The highest BCUT2D eigenvalue weighted by Gasteiger charge is 2.21.